The fourth-order valence-corrected chi connectivity index (χ4v) is 1.44. The summed E-state index contributed by atoms with van der Waals surface area (Å²) >= 11 is 0. The van der Waals surface area contributed by atoms with Crippen LogP contribution in [-0.2, 0) is 0 Å². The molecule has 0 atom stereocenters. The quantitative estimate of drug-likeness (QED) is 0.788. The molecule has 1 saturated carbocycles. The minimum atomic E-state index is -1.28. The number of aliphatic hydroxyl groups is 1. The first-order valence-electron chi connectivity index (χ1n) is 4.59. The average molecular weight is 216 g/mol. The van der Waals surface area contributed by atoms with Crippen LogP contribution in [0.1, 0.15) is 12.8 Å². The summed E-state index contributed by atoms with van der Waals surface area (Å²) in [5.41, 5.74) is 0. The third-order valence-corrected chi connectivity index (χ3v) is 2.36. The van der Waals surface area contributed by atoms with Crippen molar-refractivity contribution in [1.82, 2.24) is 0 Å². The monoisotopic (exact) mass is 216 g/mol. The molecule has 0 radical (unpaired) electrons. The van der Waals surface area contributed by atoms with Crippen LogP contribution < -0.4 is 4.74 Å². The maximum atomic E-state index is 12.8. The van der Waals surface area contributed by atoms with Crippen LogP contribution in [-0.4, -0.2) is 22.4 Å². The number of hydrogen-bond acceptors (Lipinski definition) is 3. The van der Waals surface area contributed by atoms with Gasteiger partial charge in [0, 0.05) is 25.0 Å². The normalized spacial score (nSPS) is 24.7. The molecule has 2 N–H and O–H groups in total. The molecule has 3 nitrogen and oxygen atoms in total. The van der Waals surface area contributed by atoms with Crippen molar-refractivity contribution in [2.75, 3.05) is 0 Å². The molecule has 1 aliphatic carbocycles. The van der Waals surface area contributed by atoms with E-state index in [-0.39, 0.29) is 18.0 Å². The van der Waals surface area contributed by atoms with Crippen LogP contribution >= 0.6 is 0 Å². The van der Waals surface area contributed by atoms with Crippen LogP contribution in [0, 0.1) is 11.6 Å². The molecule has 1 aromatic carbocycles. The van der Waals surface area contributed by atoms with Crippen LogP contribution in [0.4, 0.5) is 8.78 Å². The van der Waals surface area contributed by atoms with Crippen molar-refractivity contribution in [3.05, 3.63) is 23.8 Å². The Morgan fingerprint density at radius 1 is 1.27 bits per heavy atom. The van der Waals surface area contributed by atoms with Crippen LogP contribution in [0.15, 0.2) is 12.1 Å². The molecule has 1 aliphatic rings. The minimum Gasteiger partial charge on any atom is -0.505 e. The summed E-state index contributed by atoms with van der Waals surface area (Å²) < 4.78 is 30.7. The number of aliphatic hydroxyl groups excluding tert-OH is 1. The number of aromatic hydroxyl groups is 1. The van der Waals surface area contributed by atoms with Gasteiger partial charge in [-0.25, -0.2) is 4.39 Å². The Morgan fingerprint density at radius 2 is 1.93 bits per heavy atom. The smallest absolute Gasteiger partial charge is 0.200 e. The highest BCUT2D eigenvalue weighted by molar-refractivity contribution is 5.34. The molecule has 0 spiro atoms. The molecule has 0 aromatic heterocycles. The summed E-state index contributed by atoms with van der Waals surface area (Å²) in [5.74, 6) is -3.13. The highest BCUT2D eigenvalue weighted by Gasteiger charge is 2.29. The first-order valence-corrected chi connectivity index (χ1v) is 4.59. The van der Waals surface area contributed by atoms with Crippen molar-refractivity contribution in [3.8, 4) is 11.5 Å². The van der Waals surface area contributed by atoms with E-state index < -0.39 is 17.4 Å². The summed E-state index contributed by atoms with van der Waals surface area (Å²) in [4.78, 5) is 0. The standard InChI is InChI=1S/C10H10F2O3/c11-8-3-7(4-9(14)10(8)12)15-6-1-5(13)2-6/h3-6,13-14H,1-2H2. The SMILES string of the molecule is Oc1cc(OC2CC(O)C2)cc(F)c1F. The van der Waals surface area contributed by atoms with Crippen molar-refractivity contribution < 1.29 is 23.7 Å². The Balaban J connectivity index is 2.09. The highest BCUT2D eigenvalue weighted by atomic mass is 19.2. The topological polar surface area (TPSA) is 49.7 Å². The third kappa shape index (κ3) is 2.02. The molecule has 15 heavy (non-hydrogen) atoms. The number of ether oxygens (including phenoxy) is 1. The maximum Gasteiger partial charge on any atom is 0.200 e. The fourth-order valence-electron chi connectivity index (χ4n) is 1.44. The highest BCUT2D eigenvalue weighted by Crippen LogP contribution is 2.30. The second kappa shape index (κ2) is 3.66. The Kier molecular flexibility index (Phi) is 2.48. The summed E-state index contributed by atoms with van der Waals surface area (Å²) in [6.07, 6.45) is 0.373. The van der Waals surface area contributed by atoms with Crippen LogP contribution in [0.3, 0.4) is 0 Å². The molecule has 0 heterocycles. The Hall–Kier alpha value is -1.36. The lowest BCUT2D eigenvalue weighted by Gasteiger charge is -2.31. The molecular weight excluding hydrogens is 206 g/mol. The van der Waals surface area contributed by atoms with Gasteiger partial charge in [-0.1, -0.05) is 0 Å². The lowest BCUT2D eigenvalue weighted by atomic mass is 9.92. The van der Waals surface area contributed by atoms with Crippen molar-refractivity contribution in [1.29, 1.82) is 0 Å². The zero-order valence-corrected chi connectivity index (χ0v) is 7.78. The van der Waals surface area contributed by atoms with Gasteiger partial charge in [0.1, 0.15) is 11.9 Å². The molecule has 0 saturated heterocycles. The first kappa shape index (κ1) is 10.2. The van der Waals surface area contributed by atoms with E-state index in [1.54, 1.807) is 0 Å². The molecule has 0 aliphatic heterocycles. The number of phenols is 1. The lowest BCUT2D eigenvalue weighted by molar-refractivity contribution is -0.0110. The zero-order chi connectivity index (χ0) is 11.0. The van der Waals surface area contributed by atoms with E-state index in [1.165, 1.54) is 0 Å². The van der Waals surface area contributed by atoms with E-state index >= 15 is 0 Å². The number of benzene rings is 1. The van der Waals surface area contributed by atoms with E-state index in [4.69, 9.17) is 14.9 Å². The zero-order valence-electron chi connectivity index (χ0n) is 7.78. The fraction of sp³-hybridized carbons (Fsp3) is 0.400. The number of halogens is 2. The minimum absolute atomic E-state index is 0.0725. The second-order valence-electron chi connectivity index (χ2n) is 3.60. The Morgan fingerprint density at radius 3 is 2.47 bits per heavy atom. The molecular formula is C10H10F2O3. The summed E-state index contributed by atoms with van der Waals surface area (Å²) in [6, 6.07) is 1.89. The van der Waals surface area contributed by atoms with E-state index in [9.17, 15) is 8.78 Å². The van der Waals surface area contributed by atoms with Gasteiger partial charge in [0.05, 0.1) is 6.10 Å². The molecule has 82 valence electrons. The summed E-state index contributed by atoms with van der Waals surface area (Å²) in [5, 5.41) is 18.0. The largest absolute Gasteiger partial charge is 0.505 e. The van der Waals surface area contributed by atoms with Gasteiger partial charge in [-0.2, -0.15) is 4.39 Å². The molecule has 5 heteroatoms. The van der Waals surface area contributed by atoms with Gasteiger partial charge in [-0.05, 0) is 0 Å². The van der Waals surface area contributed by atoms with Crippen molar-refractivity contribution in [2.45, 2.75) is 25.0 Å². The van der Waals surface area contributed by atoms with Gasteiger partial charge < -0.3 is 14.9 Å². The molecule has 0 unspecified atom stereocenters. The van der Waals surface area contributed by atoms with Gasteiger partial charge in [-0.3, -0.25) is 0 Å². The Labute approximate surface area is 84.9 Å². The Bertz CT molecular complexity index is 352. The third-order valence-electron chi connectivity index (χ3n) is 2.36. The average Bonchev–Trinajstić information content (AvgIpc) is 2.11. The molecule has 0 bridgehead atoms. The van der Waals surface area contributed by atoms with Crippen LogP contribution in [0.5, 0.6) is 11.5 Å². The van der Waals surface area contributed by atoms with Crippen LogP contribution in [0.2, 0.25) is 0 Å². The van der Waals surface area contributed by atoms with Gasteiger partial charge in [0.15, 0.2) is 11.6 Å². The second-order valence-corrected chi connectivity index (χ2v) is 3.60. The van der Waals surface area contributed by atoms with Crippen molar-refractivity contribution >= 4 is 0 Å². The maximum absolute atomic E-state index is 12.8. The summed E-state index contributed by atoms with van der Waals surface area (Å²) in [7, 11) is 0. The van der Waals surface area contributed by atoms with Gasteiger partial charge in [0.2, 0.25) is 5.82 Å². The van der Waals surface area contributed by atoms with E-state index in [1.807, 2.05) is 0 Å². The van der Waals surface area contributed by atoms with E-state index in [0.717, 1.165) is 12.1 Å². The van der Waals surface area contributed by atoms with Crippen molar-refractivity contribution in [2.24, 2.45) is 0 Å². The molecule has 0 amide bonds. The molecule has 1 fully saturated rings. The molecule has 2 rings (SSSR count). The van der Waals surface area contributed by atoms with Crippen molar-refractivity contribution in [3.63, 3.8) is 0 Å². The van der Waals surface area contributed by atoms with Gasteiger partial charge in [0.25, 0.3) is 0 Å². The van der Waals surface area contributed by atoms with Gasteiger partial charge >= 0.3 is 0 Å². The first-order chi connectivity index (χ1) is 7.06. The van der Waals surface area contributed by atoms with E-state index in [0.29, 0.717) is 12.8 Å². The predicted octanol–water partition coefficient (Wildman–Crippen LogP) is 1.57. The summed E-state index contributed by atoms with van der Waals surface area (Å²) in [6.45, 7) is 0. The van der Waals surface area contributed by atoms with Gasteiger partial charge in [-0.15, -0.1) is 0 Å². The number of rotatable bonds is 2. The lowest BCUT2D eigenvalue weighted by Crippen LogP contribution is -2.37. The predicted molar refractivity (Wildman–Crippen MR) is 47.7 cm³/mol. The number of phenolic OH excluding ortho intramolecular Hbond substituents is 1. The number of hydrogen-bond donors (Lipinski definition) is 2. The molecule has 1 aromatic rings. The van der Waals surface area contributed by atoms with E-state index in [2.05, 4.69) is 0 Å². The van der Waals surface area contributed by atoms with Crippen LogP contribution in [0.25, 0.3) is 0 Å².